The van der Waals surface area contributed by atoms with Gasteiger partial charge in [0.15, 0.2) is 0 Å². The van der Waals surface area contributed by atoms with E-state index in [4.69, 9.17) is 0 Å². The van der Waals surface area contributed by atoms with Gasteiger partial charge in [-0.1, -0.05) is 24.3 Å². The van der Waals surface area contributed by atoms with Gasteiger partial charge in [0.2, 0.25) is 0 Å². The second-order valence-corrected chi connectivity index (χ2v) is 6.94. The Labute approximate surface area is 159 Å². The quantitative estimate of drug-likeness (QED) is 0.732. The first-order chi connectivity index (χ1) is 13.3. The smallest absolute Gasteiger partial charge is 0.251 e. The van der Waals surface area contributed by atoms with E-state index in [-0.39, 0.29) is 5.91 Å². The van der Waals surface area contributed by atoms with Crippen LogP contribution in [0, 0.1) is 0 Å². The number of nitrogens with one attached hydrogen (secondary N) is 1. The lowest BCUT2D eigenvalue weighted by atomic mass is 10.1. The number of anilines is 1. The predicted octanol–water partition coefficient (Wildman–Crippen LogP) is 3.46. The Morgan fingerprint density at radius 1 is 0.963 bits per heavy atom. The van der Waals surface area contributed by atoms with Gasteiger partial charge in [-0.25, -0.2) is 0 Å². The zero-order valence-corrected chi connectivity index (χ0v) is 15.3. The van der Waals surface area contributed by atoms with E-state index in [0.29, 0.717) is 18.7 Å². The van der Waals surface area contributed by atoms with E-state index in [0.717, 1.165) is 24.2 Å². The molecule has 1 N–H and O–H groups in total. The maximum atomic E-state index is 12.4. The molecule has 1 aromatic heterocycles. The standard InChI is InChI=1S/C22H24N4O/c27-22(20-8-4-19(5-9-20)17-26-15-3-12-24-26)23-16-18-6-10-21(11-7-18)25-13-1-2-14-25/h3-12,15H,1-2,13-14,16-17H2,(H,23,27). The first kappa shape index (κ1) is 17.3. The Balaban J connectivity index is 1.31. The summed E-state index contributed by atoms with van der Waals surface area (Å²) in [7, 11) is 0. The molecule has 0 spiro atoms. The van der Waals surface area contributed by atoms with Crippen LogP contribution in [0.1, 0.15) is 34.3 Å². The second-order valence-electron chi connectivity index (χ2n) is 6.94. The topological polar surface area (TPSA) is 50.2 Å². The summed E-state index contributed by atoms with van der Waals surface area (Å²) in [5.41, 5.74) is 4.18. The molecule has 1 aliphatic rings. The number of carbonyl (C=O) groups is 1. The molecule has 1 aliphatic heterocycles. The predicted molar refractivity (Wildman–Crippen MR) is 107 cm³/mol. The number of nitrogens with zero attached hydrogens (tertiary/aromatic N) is 3. The molecule has 0 aliphatic carbocycles. The van der Waals surface area contributed by atoms with Gasteiger partial charge < -0.3 is 10.2 Å². The van der Waals surface area contributed by atoms with Crippen molar-refractivity contribution < 1.29 is 4.79 Å². The van der Waals surface area contributed by atoms with E-state index in [2.05, 4.69) is 39.6 Å². The molecule has 0 bridgehead atoms. The van der Waals surface area contributed by atoms with E-state index >= 15 is 0 Å². The van der Waals surface area contributed by atoms with Crippen LogP contribution in [0.15, 0.2) is 67.0 Å². The van der Waals surface area contributed by atoms with Crippen LogP contribution in [0.3, 0.4) is 0 Å². The van der Waals surface area contributed by atoms with Crippen LogP contribution in [-0.2, 0) is 13.1 Å². The van der Waals surface area contributed by atoms with E-state index in [1.165, 1.54) is 18.5 Å². The number of benzene rings is 2. The van der Waals surface area contributed by atoms with Crippen LogP contribution in [0.4, 0.5) is 5.69 Å². The lowest BCUT2D eigenvalue weighted by Gasteiger charge is -2.17. The van der Waals surface area contributed by atoms with Gasteiger partial charge in [-0.2, -0.15) is 5.10 Å². The Morgan fingerprint density at radius 3 is 2.33 bits per heavy atom. The lowest BCUT2D eigenvalue weighted by Crippen LogP contribution is -2.23. The molecule has 1 fully saturated rings. The van der Waals surface area contributed by atoms with Gasteiger partial charge in [-0.05, 0) is 54.3 Å². The molecule has 0 radical (unpaired) electrons. The maximum Gasteiger partial charge on any atom is 0.251 e. The van der Waals surface area contributed by atoms with Crippen LogP contribution >= 0.6 is 0 Å². The average Bonchev–Trinajstić information content (AvgIpc) is 3.41. The maximum absolute atomic E-state index is 12.4. The summed E-state index contributed by atoms with van der Waals surface area (Å²) in [6, 6.07) is 18.1. The third-order valence-electron chi connectivity index (χ3n) is 4.98. The van der Waals surface area contributed by atoms with Crippen LogP contribution in [-0.4, -0.2) is 28.8 Å². The summed E-state index contributed by atoms with van der Waals surface area (Å²) >= 11 is 0. The van der Waals surface area contributed by atoms with Crippen LogP contribution in [0.25, 0.3) is 0 Å². The van der Waals surface area contributed by atoms with E-state index in [1.54, 1.807) is 6.20 Å². The number of carbonyl (C=O) groups excluding carboxylic acids is 1. The Kier molecular flexibility index (Phi) is 5.19. The van der Waals surface area contributed by atoms with Crippen molar-refractivity contribution in [1.29, 1.82) is 0 Å². The zero-order valence-electron chi connectivity index (χ0n) is 15.3. The van der Waals surface area contributed by atoms with Gasteiger partial charge in [0.25, 0.3) is 5.91 Å². The molecule has 0 saturated carbocycles. The van der Waals surface area contributed by atoms with Gasteiger partial charge in [-0.3, -0.25) is 9.48 Å². The normalized spacial score (nSPS) is 13.7. The van der Waals surface area contributed by atoms with Gasteiger partial charge >= 0.3 is 0 Å². The molecule has 1 amide bonds. The number of hydrogen-bond acceptors (Lipinski definition) is 3. The first-order valence-electron chi connectivity index (χ1n) is 9.46. The molecule has 1 saturated heterocycles. The van der Waals surface area contributed by atoms with Crippen molar-refractivity contribution in [2.24, 2.45) is 0 Å². The van der Waals surface area contributed by atoms with Gasteiger partial charge in [-0.15, -0.1) is 0 Å². The minimum absolute atomic E-state index is 0.0516. The molecule has 4 rings (SSSR count). The van der Waals surface area contributed by atoms with Crippen molar-refractivity contribution in [2.45, 2.75) is 25.9 Å². The summed E-state index contributed by atoms with van der Waals surface area (Å²) in [4.78, 5) is 14.8. The SMILES string of the molecule is O=C(NCc1ccc(N2CCCC2)cc1)c1ccc(Cn2cccn2)cc1. The number of hydrogen-bond donors (Lipinski definition) is 1. The van der Waals surface area contributed by atoms with Gasteiger partial charge in [0, 0.05) is 43.3 Å². The van der Waals surface area contributed by atoms with E-state index in [1.807, 2.05) is 41.2 Å². The molecule has 138 valence electrons. The zero-order chi connectivity index (χ0) is 18.5. The van der Waals surface area contributed by atoms with Crippen molar-refractivity contribution in [3.05, 3.63) is 83.7 Å². The van der Waals surface area contributed by atoms with Crippen molar-refractivity contribution in [3.8, 4) is 0 Å². The Bertz CT molecular complexity index is 864. The number of amides is 1. The summed E-state index contributed by atoms with van der Waals surface area (Å²) in [6.45, 7) is 3.53. The molecule has 5 heteroatoms. The molecule has 5 nitrogen and oxygen atoms in total. The summed E-state index contributed by atoms with van der Waals surface area (Å²) in [5, 5.41) is 7.20. The lowest BCUT2D eigenvalue weighted by molar-refractivity contribution is 0.0951. The first-order valence-corrected chi connectivity index (χ1v) is 9.46. The van der Waals surface area contributed by atoms with E-state index in [9.17, 15) is 4.79 Å². The fraction of sp³-hybridized carbons (Fsp3) is 0.273. The van der Waals surface area contributed by atoms with Gasteiger partial charge in [0.1, 0.15) is 0 Å². The van der Waals surface area contributed by atoms with Crippen LogP contribution < -0.4 is 10.2 Å². The minimum Gasteiger partial charge on any atom is -0.372 e. The van der Waals surface area contributed by atoms with Crippen LogP contribution in [0.5, 0.6) is 0 Å². The molecule has 3 aromatic rings. The monoisotopic (exact) mass is 360 g/mol. The minimum atomic E-state index is -0.0516. The third-order valence-corrected chi connectivity index (χ3v) is 4.98. The third kappa shape index (κ3) is 4.37. The molecule has 2 heterocycles. The second kappa shape index (κ2) is 8.08. The van der Waals surface area contributed by atoms with Crippen molar-refractivity contribution >= 4 is 11.6 Å². The summed E-state index contributed by atoms with van der Waals surface area (Å²) in [6.07, 6.45) is 6.24. The number of rotatable bonds is 6. The molecule has 27 heavy (non-hydrogen) atoms. The highest BCUT2D eigenvalue weighted by molar-refractivity contribution is 5.94. The molecule has 0 unspecified atom stereocenters. The summed E-state index contributed by atoms with van der Waals surface area (Å²) in [5.74, 6) is -0.0516. The van der Waals surface area contributed by atoms with E-state index < -0.39 is 0 Å². The molecular weight excluding hydrogens is 336 g/mol. The highest BCUT2D eigenvalue weighted by Crippen LogP contribution is 2.20. The molecule has 0 atom stereocenters. The highest BCUT2D eigenvalue weighted by atomic mass is 16.1. The fourth-order valence-electron chi connectivity index (χ4n) is 3.43. The highest BCUT2D eigenvalue weighted by Gasteiger charge is 2.12. The van der Waals surface area contributed by atoms with Crippen LogP contribution in [0.2, 0.25) is 0 Å². The van der Waals surface area contributed by atoms with Crippen molar-refractivity contribution in [1.82, 2.24) is 15.1 Å². The number of aromatic nitrogens is 2. The van der Waals surface area contributed by atoms with Gasteiger partial charge in [0.05, 0.1) is 6.54 Å². The average molecular weight is 360 g/mol. The molecular formula is C22H24N4O. The Hall–Kier alpha value is -3.08. The van der Waals surface area contributed by atoms with Crippen molar-refractivity contribution in [3.63, 3.8) is 0 Å². The molecule has 2 aromatic carbocycles. The Morgan fingerprint density at radius 2 is 1.67 bits per heavy atom. The largest absolute Gasteiger partial charge is 0.372 e. The van der Waals surface area contributed by atoms with Crippen molar-refractivity contribution in [2.75, 3.05) is 18.0 Å². The fourth-order valence-corrected chi connectivity index (χ4v) is 3.43. The summed E-state index contributed by atoms with van der Waals surface area (Å²) < 4.78 is 1.86.